The highest BCUT2D eigenvalue weighted by Crippen LogP contribution is 2.35. The van der Waals surface area contributed by atoms with Gasteiger partial charge in [0, 0.05) is 35.1 Å². The van der Waals surface area contributed by atoms with Crippen LogP contribution in [0.1, 0.15) is 61.4 Å². The van der Waals surface area contributed by atoms with E-state index in [4.69, 9.17) is 4.74 Å². The first-order valence-corrected chi connectivity index (χ1v) is 14.0. The topological polar surface area (TPSA) is 55.3 Å². The molecule has 0 aliphatic heterocycles. The molecule has 5 nitrogen and oxygen atoms in total. The van der Waals surface area contributed by atoms with E-state index in [2.05, 4.69) is 42.0 Å². The third kappa shape index (κ3) is 5.83. The number of aryl methyl sites for hydroxylation is 2. The fraction of sp³-hybridized carbons (Fsp3) is 0.294. The number of fused-ring (bicyclic) bond motifs is 2. The predicted molar refractivity (Wildman–Crippen MR) is 157 cm³/mol. The highest BCUT2D eigenvalue weighted by atomic mass is 16.5. The van der Waals surface area contributed by atoms with Crippen LogP contribution in [0, 0.1) is 0 Å². The number of carbonyl (C=O) groups is 1. The molecule has 5 rings (SSSR count). The number of hydrogen-bond acceptors (Lipinski definition) is 2. The normalized spacial score (nSPS) is 11.3. The molecule has 5 heteroatoms. The summed E-state index contributed by atoms with van der Waals surface area (Å²) in [6, 6.07) is 26.0. The lowest BCUT2D eigenvalue weighted by atomic mass is 10.0. The molecule has 0 spiro atoms. The number of unbranched alkanes of at least 4 members (excludes halogenated alkanes) is 5. The van der Waals surface area contributed by atoms with Gasteiger partial charge in [-0.2, -0.15) is 4.57 Å². The van der Waals surface area contributed by atoms with Crippen molar-refractivity contribution in [1.82, 2.24) is 4.57 Å². The number of rotatable bonds is 12. The first-order chi connectivity index (χ1) is 19.1. The zero-order valence-electron chi connectivity index (χ0n) is 22.9. The summed E-state index contributed by atoms with van der Waals surface area (Å²) < 4.78 is 10.5. The van der Waals surface area contributed by atoms with Gasteiger partial charge in [-0.25, -0.2) is 4.79 Å². The lowest BCUT2D eigenvalue weighted by Gasteiger charge is -2.09. The number of aromatic nitrogens is 2. The van der Waals surface area contributed by atoms with Crippen LogP contribution in [-0.2, 0) is 20.2 Å². The first-order valence-electron chi connectivity index (χ1n) is 14.0. The summed E-state index contributed by atoms with van der Waals surface area (Å²) in [5.41, 5.74) is 5.10. The summed E-state index contributed by atoms with van der Waals surface area (Å²) in [7, 11) is 1.96. The molecule has 2 heterocycles. The third-order valence-corrected chi connectivity index (χ3v) is 7.53. The number of carboxylic acid groups (broad SMARTS) is 1. The maximum atomic E-state index is 12.5. The number of ether oxygens (including phenoxy) is 1. The van der Waals surface area contributed by atoms with E-state index in [1.165, 1.54) is 32.1 Å². The van der Waals surface area contributed by atoms with Crippen LogP contribution in [0.5, 0.6) is 5.75 Å². The number of nitrogens with zero attached hydrogens (tertiary/aromatic N) is 2. The minimum Gasteiger partial charge on any atom is -0.489 e. The van der Waals surface area contributed by atoms with Crippen molar-refractivity contribution >= 4 is 27.8 Å². The van der Waals surface area contributed by atoms with Crippen molar-refractivity contribution in [2.75, 3.05) is 0 Å². The molecule has 5 aromatic rings. The number of benzene rings is 3. The monoisotopic (exact) mass is 521 g/mol. The maximum Gasteiger partial charge on any atom is 0.342 e. The Hall–Kier alpha value is -4.12. The summed E-state index contributed by atoms with van der Waals surface area (Å²) in [6.07, 6.45) is 9.49. The number of pyridine rings is 1. The molecule has 0 fully saturated rings. The Morgan fingerprint density at radius 1 is 0.897 bits per heavy atom. The molecule has 0 aliphatic rings. The lowest BCUT2D eigenvalue weighted by Crippen LogP contribution is -2.34. The van der Waals surface area contributed by atoms with E-state index in [0.29, 0.717) is 17.9 Å². The minimum atomic E-state index is -0.931. The highest BCUT2D eigenvalue weighted by molar-refractivity contribution is 6.03. The summed E-state index contributed by atoms with van der Waals surface area (Å²) in [5, 5.41) is 12.2. The van der Waals surface area contributed by atoms with Crippen LogP contribution in [0.3, 0.4) is 0 Å². The van der Waals surface area contributed by atoms with E-state index in [9.17, 15) is 9.90 Å². The first kappa shape index (κ1) is 26.5. The van der Waals surface area contributed by atoms with Gasteiger partial charge in [-0.05, 0) is 42.3 Å². The van der Waals surface area contributed by atoms with Crippen LogP contribution in [0.4, 0.5) is 0 Å². The predicted octanol–water partition coefficient (Wildman–Crippen LogP) is 7.92. The van der Waals surface area contributed by atoms with Crippen molar-refractivity contribution in [3.05, 3.63) is 96.2 Å². The molecule has 0 aliphatic carbocycles. The molecule has 0 saturated carbocycles. The van der Waals surface area contributed by atoms with Crippen molar-refractivity contribution in [2.24, 2.45) is 7.05 Å². The van der Waals surface area contributed by atoms with Gasteiger partial charge in [-0.1, -0.05) is 81.5 Å². The second-order valence-electron chi connectivity index (χ2n) is 10.3. The molecule has 0 amide bonds. The van der Waals surface area contributed by atoms with Crippen LogP contribution in [0.15, 0.2) is 85.1 Å². The molecule has 3 aromatic carbocycles. The Labute approximate surface area is 230 Å². The number of aromatic carboxylic acids is 1. The standard InChI is InChI=1S/C34H36N2O3/c1-3-4-5-6-7-13-20-36-23-30(33-29(34(37)38)21-26-16-11-12-17-31(26)35(33)2)28-22-27(18-19-32(28)36)39-24-25-14-9-8-10-15-25/h8-12,14-19,21-23H,3-7,13,20,24H2,1-2H3/p+1. The highest BCUT2D eigenvalue weighted by Gasteiger charge is 2.27. The van der Waals surface area contributed by atoms with Crippen LogP contribution >= 0.6 is 0 Å². The second kappa shape index (κ2) is 12.2. The fourth-order valence-electron chi connectivity index (χ4n) is 5.47. The smallest absolute Gasteiger partial charge is 0.342 e. The molecule has 200 valence electrons. The van der Waals surface area contributed by atoms with Gasteiger partial charge >= 0.3 is 5.97 Å². The Bertz CT molecular complexity index is 1590. The zero-order valence-corrected chi connectivity index (χ0v) is 22.9. The van der Waals surface area contributed by atoms with Gasteiger partial charge < -0.3 is 14.4 Å². The van der Waals surface area contributed by atoms with Crippen LogP contribution in [0.2, 0.25) is 0 Å². The Balaban J connectivity index is 1.58. The summed E-state index contributed by atoms with van der Waals surface area (Å²) in [5.74, 6) is -0.162. The van der Waals surface area contributed by atoms with E-state index >= 15 is 0 Å². The molecule has 39 heavy (non-hydrogen) atoms. The molecule has 0 bridgehead atoms. The van der Waals surface area contributed by atoms with Crippen molar-refractivity contribution in [3.63, 3.8) is 0 Å². The van der Waals surface area contributed by atoms with Gasteiger partial charge in [-0.3, -0.25) is 0 Å². The fourth-order valence-corrected chi connectivity index (χ4v) is 5.47. The molecule has 0 saturated heterocycles. The maximum absolute atomic E-state index is 12.5. The lowest BCUT2D eigenvalue weighted by molar-refractivity contribution is -0.633. The van der Waals surface area contributed by atoms with Gasteiger partial charge in [0.1, 0.15) is 25.0 Å². The Kier molecular flexibility index (Phi) is 8.26. The van der Waals surface area contributed by atoms with E-state index in [0.717, 1.165) is 51.6 Å². The van der Waals surface area contributed by atoms with E-state index in [-0.39, 0.29) is 0 Å². The summed E-state index contributed by atoms with van der Waals surface area (Å²) in [4.78, 5) is 12.5. The van der Waals surface area contributed by atoms with Gasteiger partial charge in [0.2, 0.25) is 11.2 Å². The van der Waals surface area contributed by atoms with Gasteiger partial charge in [0.25, 0.3) is 0 Å². The average Bonchev–Trinajstić information content (AvgIpc) is 3.31. The SMILES string of the molecule is CCCCCCCCn1cc(-c2c(C(=O)O)cc3ccccc3[n+]2C)c2cc(OCc3ccccc3)ccc21. The Morgan fingerprint density at radius 2 is 1.64 bits per heavy atom. The van der Waals surface area contributed by atoms with Crippen molar-refractivity contribution in [1.29, 1.82) is 0 Å². The van der Waals surface area contributed by atoms with Crippen LogP contribution in [-0.4, -0.2) is 15.6 Å². The second-order valence-corrected chi connectivity index (χ2v) is 10.3. The van der Waals surface area contributed by atoms with E-state index < -0.39 is 5.97 Å². The van der Waals surface area contributed by atoms with Gasteiger partial charge in [0.05, 0.1) is 5.56 Å². The third-order valence-electron chi connectivity index (χ3n) is 7.53. The number of carboxylic acids is 1. The molecule has 0 radical (unpaired) electrons. The van der Waals surface area contributed by atoms with Crippen LogP contribution < -0.4 is 9.30 Å². The van der Waals surface area contributed by atoms with E-state index in [1.807, 2.05) is 60.1 Å². The molecule has 1 N–H and O–H groups in total. The average molecular weight is 522 g/mol. The molecular formula is C34H37N2O3+. The van der Waals surface area contributed by atoms with Crippen molar-refractivity contribution in [2.45, 2.75) is 58.6 Å². The van der Waals surface area contributed by atoms with Gasteiger partial charge in [0.15, 0.2) is 0 Å². The van der Waals surface area contributed by atoms with Crippen molar-refractivity contribution in [3.8, 4) is 17.0 Å². The van der Waals surface area contributed by atoms with Gasteiger partial charge in [-0.15, -0.1) is 0 Å². The molecule has 0 atom stereocenters. The molecule has 2 aromatic heterocycles. The van der Waals surface area contributed by atoms with E-state index in [1.54, 1.807) is 6.07 Å². The van der Waals surface area contributed by atoms with Crippen molar-refractivity contribution < 1.29 is 19.2 Å². The largest absolute Gasteiger partial charge is 0.489 e. The molecular weight excluding hydrogens is 484 g/mol. The quantitative estimate of drug-likeness (QED) is 0.134. The Morgan fingerprint density at radius 3 is 2.44 bits per heavy atom. The summed E-state index contributed by atoms with van der Waals surface area (Å²) >= 11 is 0. The number of para-hydroxylation sites is 1. The minimum absolute atomic E-state index is 0.297. The molecule has 0 unspecified atom stereocenters. The number of hydrogen-bond donors (Lipinski definition) is 1. The summed E-state index contributed by atoms with van der Waals surface area (Å²) in [6.45, 7) is 3.61. The van der Waals surface area contributed by atoms with Crippen LogP contribution in [0.25, 0.3) is 33.1 Å². The zero-order chi connectivity index (χ0) is 27.2.